The van der Waals surface area contributed by atoms with Crippen LogP contribution in [-0.2, 0) is 0 Å². The van der Waals surface area contributed by atoms with Crippen LogP contribution in [0.2, 0.25) is 0 Å². The monoisotopic (exact) mass is 276 g/mol. The first-order valence-electron chi connectivity index (χ1n) is 7.20. The van der Waals surface area contributed by atoms with Gasteiger partial charge < -0.3 is 11.1 Å². The summed E-state index contributed by atoms with van der Waals surface area (Å²) in [6.07, 6.45) is 3.91. The van der Waals surface area contributed by atoms with E-state index in [-0.39, 0.29) is 0 Å². The molecule has 1 aromatic carbocycles. The maximum absolute atomic E-state index is 5.70. The fourth-order valence-corrected chi connectivity index (χ4v) is 3.50. The van der Waals surface area contributed by atoms with E-state index >= 15 is 0 Å². The Kier molecular flexibility index (Phi) is 4.46. The molecule has 1 aliphatic rings. The topological polar surface area (TPSA) is 38.0 Å². The third-order valence-corrected chi connectivity index (χ3v) is 4.81. The summed E-state index contributed by atoms with van der Waals surface area (Å²) in [5.74, 6) is 1.62. The number of hydrogen-bond acceptors (Lipinski definition) is 2. The Balaban J connectivity index is 2.08. The van der Waals surface area contributed by atoms with Crippen molar-refractivity contribution in [3.8, 4) is 0 Å². The summed E-state index contributed by atoms with van der Waals surface area (Å²) < 4.78 is 0. The second-order valence-corrected chi connectivity index (χ2v) is 6.19. The molecule has 19 heavy (non-hydrogen) atoms. The second-order valence-electron chi connectivity index (χ2n) is 5.75. The highest BCUT2D eigenvalue weighted by atomic mass is 32.1. The summed E-state index contributed by atoms with van der Waals surface area (Å²) in [6.45, 7) is 6.73. The van der Waals surface area contributed by atoms with E-state index in [4.69, 9.17) is 18.0 Å². The summed E-state index contributed by atoms with van der Waals surface area (Å²) >= 11 is 5.04. The van der Waals surface area contributed by atoms with Crippen LogP contribution in [-0.4, -0.2) is 11.0 Å². The number of benzene rings is 1. The minimum Gasteiger partial charge on any atom is -0.389 e. The Hall–Kier alpha value is -1.09. The van der Waals surface area contributed by atoms with Crippen LogP contribution in [0.3, 0.4) is 0 Å². The van der Waals surface area contributed by atoms with Gasteiger partial charge in [0.15, 0.2) is 0 Å². The second kappa shape index (κ2) is 5.91. The molecule has 2 rings (SSSR count). The maximum atomic E-state index is 5.70. The first-order chi connectivity index (χ1) is 9.02. The van der Waals surface area contributed by atoms with Crippen molar-refractivity contribution in [1.82, 2.24) is 0 Å². The van der Waals surface area contributed by atoms with Gasteiger partial charge in [0.05, 0.1) is 0 Å². The molecule has 1 aliphatic carbocycles. The zero-order valence-electron chi connectivity index (χ0n) is 12.1. The third-order valence-electron chi connectivity index (χ3n) is 4.60. The highest BCUT2D eigenvalue weighted by Gasteiger charge is 2.31. The number of nitrogens with two attached hydrogens (primary N) is 1. The van der Waals surface area contributed by atoms with E-state index in [9.17, 15) is 0 Å². The molecule has 0 heterocycles. The lowest BCUT2D eigenvalue weighted by Crippen LogP contribution is -2.24. The van der Waals surface area contributed by atoms with Gasteiger partial charge in [0, 0.05) is 17.3 Å². The average Bonchev–Trinajstić information content (AvgIpc) is 2.70. The highest BCUT2D eigenvalue weighted by Crippen LogP contribution is 2.35. The van der Waals surface area contributed by atoms with Crippen molar-refractivity contribution in [3.63, 3.8) is 0 Å². The predicted octanol–water partition coefficient (Wildman–Crippen LogP) is 3.87. The first-order valence-corrected chi connectivity index (χ1v) is 7.60. The van der Waals surface area contributed by atoms with E-state index in [1.165, 1.54) is 24.9 Å². The molecule has 0 aliphatic heterocycles. The van der Waals surface area contributed by atoms with Gasteiger partial charge in [0.2, 0.25) is 0 Å². The molecule has 104 valence electrons. The van der Waals surface area contributed by atoms with E-state index in [1.54, 1.807) is 0 Å². The number of rotatable bonds is 4. The molecule has 3 N–H and O–H groups in total. The molecular weight excluding hydrogens is 252 g/mol. The van der Waals surface area contributed by atoms with Crippen molar-refractivity contribution in [2.75, 3.05) is 5.32 Å². The van der Waals surface area contributed by atoms with Gasteiger partial charge in [-0.25, -0.2) is 0 Å². The summed E-state index contributed by atoms with van der Waals surface area (Å²) in [5.41, 5.74) is 9.01. The molecule has 2 nitrogen and oxygen atoms in total. The van der Waals surface area contributed by atoms with Crippen LogP contribution >= 0.6 is 12.2 Å². The van der Waals surface area contributed by atoms with Crippen molar-refractivity contribution in [2.45, 2.75) is 46.1 Å². The Labute approximate surface area is 121 Å². The van der Waals surface area contributed by atoms with Crippen LogP contribution in [0.1, 0.15) is 44.2 Å². The fourth-order valence-electron chi connectivity index (χ4n) is 3.27. The number of aryl methyl sites for hydroxylation is 1. The zero-order valence-corrected chi connectivity index (χ0v) is 12.9. The van der Waals surface area contributed by atoms with Gasteiger partial charge >= 0.3 is 0 Å². The van der Waals surface area contributed by atoms with Crippen molar-refractivity contribution >= 4 is 22.9 Å². The van der Waals surface area contributed by atoms with Gasteiger partial charge in [0.25, 0.3) is 0 Å². The van der Waals surface area contributed by atoms with Crippen LogP contribution in [0.25, 0.3) is 0 Å². The molecule has 0 amide bonds. The standard InChI is InChI=1S/C16H24N2S/c1-4-12-5-8-15(11(12)3)18-13-6-7-14(16(17)19)10(2)9-13/h6-7,9,11-12,15,18H,4-5,8H2,1-3H3,(H2,17,19). The smallest absolute Gasteiger partial charge is 0.104 e. The van der Waals surface area contributed by atoms with E-state index in [0.29, 0.717) is 11.0 Å². The third kappa shape index (κ3) is 3.08. The Morgan fingerprint density at radius 3 is 2.68 bits per heavy atom. The Morgan fingerprint density at radius 1 is 1.42 bits per heavy atom. The summed E-state index contributed by atoms with van der Waals surface area (Å²) in [4.78, 5) is 0.476. The minimum atomic E-state index is 0.476. The molecule has 3 heteroatoms. The number of nitrogens with one attached hydrogen (secondary N) is 1. The van der Waals surface area contributed by atoms with E-state index in [1.807, 2.05) is 6.07 Å². The molecule has 3 unspecified atom stereocenters. The number of anilines is 1. The molecule has 0 radical (unpaired) electrons. The lowest BCUT2D eigenvalue weighted by atomic mass is 9.93. The molecule has 1 fully saturated rings. The molecule has 3 atom stereocenters. The van der Waals surface area contributed by atoms with E-state index in [2.05, 4.69) is 38.2 Å². The van der Waals surface area contributed by atoms with E-state index < -0.39 is 0 Å². The molecular formula is C16H24N2S. The van der Waals surface area contributed by atoms with Gasteiger partial charge in [-0.2, -0.15) is 0 Å². The fraction of sp³-hybridized carbons (Fsp3) is 0.562. The molecule has 0 saturated heterocycles. The van der Waals surface area contributed by atoms with Gasteiger partial charge in [-0.1, -0.05) is 32.5 Å². The lowest BCUT2D eigenvalue weighted by molar-refractivity contribution is 0.392. The lowest BCUT2D eigenvalue weighted by Gasteiger charge is -2.22. The number of hydrogen-bond donors (Lipinski definition) is 2. The number of thiocarbonyl (C=S) groups is 1. The van der Waals surface area contributed by atoms with Crippen molar-refractivity contribution in [2.24, 2.45) is 17.6 Å². The van der Waals surface area contributed by atoms with Crippen LogP contribution in [0, 0.1) is 18.8 Å². The molecule has 0 spiro atoms. The largest absolute Gasteiger partial charge is 0.389 e. The Bertz CT molecular complexity index is 470. The summed E-state index contributed by atoms with van der Waals surface area (Å²) in [6, 6.07) is 6.87. The SMILES string of the molecule is CCC1CCC(Nc2ccc(C(N)=S)c(C)c2)C1C. The van der Waals surface area contributed by atoms with Crippen LogP contribution in [0.5, 0.6) is 0 Å². The quantitative estimate of drug-likeness (QED) is 0.820. The average molecular weight is 276 g/mol. The zero-order chi connectivity index (χ0) is 14.0. The van der Waals surface area contributed by atoms with Crippen molar-refractivity contribution < 1.29 is 0 Å². The van der Waals surface area contributed by atoms with Crippen LogP contribution < -0.4 is 11.1 Å². The van der Waals surface area contributed by atoms with Crippen molar-refractivity contribution in [3.05, 3.63) is 29.3 Å². The first kappa shape index (κ1) is 14.3. The van der Waals surface area contributed by atoms with Crippen molar-refractivity contribution in [1.29, 1.82) is 0 Å². The predicted molar refractivity (Wildman–Crippen MR) is 86.7 cm³/mol. The molecule has 0 bridgehead atoms. The molecule has 1 saturated carbocycles. The van der Waals surface area contributed by atoms with Gasteiger partial charge in [0.1, 0.15) is 4.99 Å². The molecule has 0 aromatic heterocycles. The molecule has 1 aromatic rings. The van der Waals surface area contributed by atoms with Crippen LogP contribution in [0.4, 0.5) is 5.69 Å². The van der Waals surface area contributed by atoms with Crippen LogP contribution in [0.15, 0.2) is 18.2 Å². The van der Waals surface area contributed by atoms with Gasteiger partial charge in [-0.3, -0.25) is 0 Å². The highest BCUT2D eigenvalue weighted by molar-refractivity contribution is 7.80. The summed E-state index contributed by atoms with van der Waals surface area (Å²) in [5, 5.41) is 3.68. The minimum absolute atomic E-state index is 0.476. The van der Waals surface area contributed by atoms with Gasteiger partial charge in [-0.15, -0.1) is 0 Å². The van der Waals surface area contributed by atoms with Gasteiger partial charge in [-0.05, 0) is 55.4 Å². The maximum Gasteiger partial charge on any atom is 0.104 e. The normalized spacial score (nSPS) is 26.4. The Morgan fingerprint density at radius 2 is 2.16 bits per heavy atom. The summed E-state index contributed by atoms with van der Waals surface area (Å²) in [7, 11) is 0. The van der Waals surface area contributed by atoms with E-state index in [0.717, 1.165) is 23.0 Å².